The van der Waals surface area contributed by atoms with E-state index in [2.05, 4.69) is 20.3 Å². The number of nitrogens with zero attached hydrogens (tertiary/aromatic N) is 5. The number of nitrogen functional groups attached to an aromatic ring is 1. The van der Waals surface area contributed by atoms with Crippen molar-refractivity contribution >= 4 is 34.4 Å². The zero-order chi connectivity index (χ0) is 22.8. The molecule has 2 aromatic heterocycles. The molecule has 0 unspecified atom stereocenters. The summed E-state index contributed by atoms with van der Waals surface area (Å²) in [5.74, 6) is 0.462. The molecule has 0 saturated carbocycles. The highest BCUT2D eigenvalue weighted by molar-refractivity contribution is 6.30. The van der Waals surface area contributed by atoms with Crippen LogP contribution in [0.3, 0.4) is 0 Å². The molecule has 0 spiro atoms. The number of hydrogen-bond donors (Lipinski definition) is 2. The molecule has 1 saturated heterocycles. The lowest BCUT2D eigenvalue weighted by Gasteiger charge is -2.26. The highest BCUT2D eigenvalue weighted by Crippen LogP contribution is 2.33. The lowest BCUT2D eigenvalue weighted by Crippen LogP contribution is -2.33. The third kappa shape index (κ3) is 4.62. The van der Waals surface area contributed by atoms with Gasteiger partial charge in [-0.3, -0.25) is 0 Å². The Morgan fingerprint density at radius 2 is 1.82 bits per heavy atom. The molecule has 0 atom stereocenters. The zero-order valence-electron chi connectivity index (χ0n) is 18.1. The molecule has 4 aromatic rings. The third-order valence-electron chi connectivity index (χ3n) is 5.90. The van der Waals surface area contributed by atoms with Crippen molar-refractivity contribution in [2.45, 2.75) is 19.3 Å². The van der Waals surface area contributed by atoms with E-state index in [0.29, 0.717) is 39.2 Å². The molecule has 0 amide bonds. The molecule has 0 bridgehead atoms. The first-order valence-electron chi connectivity index (χ1n) is 11.1. The van der Waals surface area contributed by atoms with Crippen LogP contribution in [0.4, 0.5) is 16.2 Å². The van der Waals surface area contributed by atoms with E-state index >= 15 is 0 Å². The highest BCUT2D eigenvalue weighted by Gasteiger charge is 2.19. The van der Waals surface area contributed by atoms with Crippen molar-refractivity contribution in [3.63, 3.8) is 0 Å². The SMILES string of the molecule is Nc1c2c(-c3ccc(Cl)cc3)nc(NCCN3CCCCC3)nc2nn1-c1cccc(F)c1. The smallest absolute Gasteiger partial charge is 0.225 e. The van der Waals surface area contributed by atoms with E-state index in [9.17, 15) is 4.39 Å². The Hall–Kier alpha value is -3.23. The molecule has 1 aliphatic heterocycles. The fourth-order valence-electron chi connectivity index (χ4n) is 4.22. The number of fused-ring (bicyclic) bond motifs is 1. The van der Waals surface area contributed by atoms with E-state index in [1.165, 1.54) is 36.1 Å². The molecule has 33 heavy (non-hydrogen) atoms. The molecule has 9 heteroatoms. The standard InChI is InChI=1S/C24H25ClFN7/c25-17-9-7-16(8-10-17)21-20-22(27)33(19-6-4-5-18(26)15-19)31-23(20)30-24(29-21)28-11-14-32-12-2-1-3-13-32/h4-10,15H,1-3,11-14,27H2,(H,28,30,31). The average Bonchev–Trinajstić information content (AvgIpc) is 3.16. The van der Waals surface area contributed by atoms with Crippen LogP contribution in [-0.4, -0.2) is 50.8 Å². The molecule has 0 radical (unpaired) electrons. The summed E-state index contributed by atoms with van der Waals surface area (Å²) in [5.41, 5.74) is 8.94. The van der Waals surface area contributed by atoms with E-state index in [1.54, 1.807) is 12.1 Å². The van der Waals surface area contributed by atoms with Gasteiger partial charge in [0.15, 0.2) is 5.65 Å². The molecule has 5 rings (SSSR count). The normalized spacial score (nSPS) is 14.6. The average molecular weight is 466 g/mol. The van der Waals surface area contributed by atoms with E-state index in [0.717, 1.165) is 31.7 Å². The van der Waals surface area contributed by atoms with Crippen molar-refractivity contribution in [1.82, 2.24) is 24.6 Å². The summed E-state index contributed by atoms with van der Waals surface area (Å²) in [5, 5.41) is 9.17. The van der Waals surface area contributed by atoms with E-state index in [1.807, 2.05) is 24.3 Å². The fourth-order valence-corrected chi connectivity index (χ4v) is 4.35. The van der Waals surface area contributed by atoms with Crippen molar-refractivity contribution in [3.8, 4) is 16.9 Å². The predicted molar refractivity (Wildman–Crippen MR) is 130 cm³/mol. The molecule has 170 valence electrons. The maximum Gasteiger partial charge on any atom is 0.225 e. The Kier molecular flexibility index (Phi) is 6.11. The minimum Gasteiger partial charge on any atom is -0.383 e. The third-order valence-corrected chi connectivity index (χ3v) is 6.15. The van der Waals surface area contributed by atoms with Gasteiger partial charge in [0.1, 0.15) is 11.6 Å². The van der Waals surface area contributed by atoms with Gasteiger partial charge in [-0.1, -0.05) is 36.2 Å². The maximum atomic E-state index is 13.8. The fraction of sp³-hybridized carbons (Fsp3) is 0.292. The van der Waals surface area contributed by atoms with Crippen molar-refractivity contribution < 1.29 is 4.39 Å². The summed E-state index contributed by atoms with van der Waals surface area (Å²) >= 11 is 6.09. The summed E-state index contributed by atoms with van der Waals surface area (Å²) in [6, 6.07) is 13.5. The number of rotatable bonds is 6. The number of piperidine rings is 1. The number of anilines is 2. The zero-order valence-corrected chi connectivity index (χ0v) is 18.9. The summed E-state index contributed by atoms with van der Waals surface area (Å²) in [6.07, 6.45) is 3.81. The van der Waals surface area contributed by atoms with E-state index in [4.69, 9.17) is 22.3 Å². The molecule has 0 aliphatic carbocycles. The number of aromatic nitrogens is 4. The molecule has 1 fully saturated rings. The Morgan fingerprint density at radius 3 is 2.58 bits per heavy atom. The minimum absolute atomic E-state index is 0.348. The van der Waals surface area contributed by atoms with Crippen LogP contribution in [0, 0.1) is 5.82 Å². The summed E-state index contributed by atoms with van der Waals surface area (Å²) < 4.78 is 15.3. The van der Waals surface area contributed by atoms with Gasteiger partial charge in [-0.15, -0.1) is 5.10 Å². The van der Waals surface area contributed by atoms with Crippen molar-refractivity contribution in [1.29, 1.82) is 0 Å². The first kappa shape index (κ1) is 21.6. The number of nitrogens with two attached hydrogens (primary N) is 1. The van der Waals surface area contributed by atoms with Crippen LogP contribution in [0.5, 0.6) is 0 Å². The molecule has 3 heterocycles. The van der Waals surface area contributed by atoms with E-state index < -0.39 is 0 Å². The van der Waals surface area contributed by atoms with Crippen LogP contribution in [0.2, 0.25) is 5.02 Å². The Morgan fingerprint density at radius 1 is 1.03 bits per heavy atom. The maximum absolute atomic E-state index is 13.8. The minimum atomic E-state index is -0.365. The van der Waals surface area contributed by atoms with Crippen LogP contribution in [-0.2, 0) is 0 Å². The van der Waals surface area contributed by atoms with Gasteiger partial charge in [-0.2, -0.15) is 4.98 Å². The Labute approximate surface area is 196 Å². The predicted octanol–water partition coefficient (Wildman–Crippen LogP) is 4.76. The number of halogens is 2. The van der Waals surface area contributed by atoms with Gasteiger partial charge < -0.3 is 16.0 Å². The largest absolute Gasteiger partial charge is 0.383 e. The molecule has 3 N–H and O–H groups in total. The number of likely N-dealkylation sites (tertiary alicyclic amines) is 1. The van der Waals surface area contributed by atoms with Crippen LogP contribution < -0.4 is 11.1 Å². The summed E-state index contributed by atoms with van der Waals surface area (Å²) in [7, 11) is 0. The Bertz CT molecular complexity index is 1270. The van der Waals surface area contributed by atoms with E-state index in [-0.39, 0.29) is 5.82 Å². The second kappa shape index (κ2) is 9.33. The van der Waals surface area contributed by atoms with Crippen LogP contribution in [0.25, 0.3) is 28.0 Å². The van der Waals surface area contributed by atoms with Crippen LogP contribution in [0.15, 0.2) is 48.5 Å². The number of hydrogen-bond acceptors (Lipinski definition) is 6. The molecular formula is C24H25ClFN7. The van der Waals surface area contributed by atoms with Crippen LogP contribution in [0.1, 0.15) is 19.3 Å². The van der Waals surface area contributed by atoms with Crippen molar-refractivity contribution in [3.05, 3.63) is 59.4 Å². The van der Waals surface area contributed by atoms with Gasteiger partial charge in [-0.05, 0) is 56.3 Å². The van der Waals surface area contributed by atoms with Crippen molar-refractivity contribution in [2.75, 3.05) is 37.2 Å². The summed E-state index contributed by atoms with van der Waals surface area (Å²) in [6.45, 7) is 3.92. The monoisotopic (exact) mass is 465 g/mol. The van der Waals surface area contributed by atoms with Gasteiger partial charge in [0.2, 0.25) is 5.95 Å². The quantitative estimate of drug-likeness (QED) is 0.427. The molecular weight excluding hydrogens is 441 g/mol. The number of nitrogens with one attached hydrogen (secondary N) is 1. The van der Waals surface area contributed by atoms with Gasteiger partial charge in [-0.25, -0.2) is 14.1 Å². The van der Waals surface area contributed by atoms with Crippen LogP contribution >= 0.6 is 11.6 Å². The van der Waals surface area contributed by atoms with Gasteiger partial charge in [0, 0.05) is 23.7 Å². The van der Waals surface area contributed by atoms with Gasteiger partial charge in [0.05, 0.1) is 16.8 Å². The summed E-state index contributed by atoms with van der Waals surface area (Å²) in [4.78, 5) is 11.8. The van der Waals surface area contributed by atoms with Gasteiger partial charge in [0.25, 0.3) is 0 Å². The lowest BCUT2D eigenvalue weighted by atomic mass is 10.1. The molecule has 2 aromatic carbocycles. The number of benzene rings is 2. The van der Waals surface area contributed by atoms with Crippen molar-refractivity contribution in [2.24, 2.45) is 0 Å². The Balaban J connectivity index is 1.54. The second-order valence-electron chi connectivity index (χ2n) is 8.21. The first-order chi connectivity index (χ1) is 16.1. The topological polar surface area (TPSA) is 84.9 Å². The highest BCUT2D eigenvalue weighted by atomic mass is 35.5. The first-order valence-corrected chi connectivity index (χ1v) is 11.5. The molecule has 7 nitrogen and oxygen atoms in total. The lowest BCUT2D eigenvalue weighted by molar-refractivity contribution is 0.237. The second-order valence-corrected chi connectivity index (χ2v) is 8.64. The van der Waals surface area contributed by atoms with Gasteiger partial charge >= 0.3 is 0 Å². The molecule has 1 aliphatic rings.